The second-order valence-electron chi connectivity index (χ2n) is 8.44. The van der Waals surface area contributed by atoms with E-state index >= 15 is 0 Å². The molecular weight excluding hydrogens is 522 g/mol. The minimum atomic E-state index is 0. The molecule has 0 aromatic heterocycles. The second kappa shape index (κ2) is 10.6. The second-order valence-corrected chi connectivity index (χ2v) is 8.44. The predicted octanol–water partition coefficient (Wildman–Crippen LogP) is 1.74. The maximum Gasteiger partial charge on any atom is 2.00 e. The molecule has 2 aliphatic rings. The van der Waals surface area contributed by atoms with Crippen LogP contribution in [-0.2, 0) is 32.6 Å². The van der Waals surface area contributed by atoms with Crippen molar-refractivity contribution < 1.29 is 51.0 Å². The van der Waals surface area contributed by atoms with Crippen molar-refractivity contribution >= 4 is 0 Å². The Labute approximate surface area is 228 Å². The van der Waals surface area contributed by atoms with Gasteiger partial charge in [0.1, 0.15) is 0 Å². The van der Waals surface area contributed by atoms with Crippen LogP contribution in [0.4, 0.5) is 0 Å². The van der Waals surface area contributed by atoms with Gasteiger partial charge in [0.15, 0.2) is 0 Å². The van der Waals surface area contributed by atoms with Gasteiger partial charge in [-0.3, -0.25) is 0 Å². The van der Waals surface area contributed by atoms with Crippen molar-refractivity contribution in [3.8, 4) is 22.3 Å². The van der Waals surface area contributed by atoms with Gasteiger partial charge in [0, 0.05) is 11.8 Å². The van der Waals surface area contributed by atoms with Crippen LogP contribution in [0.25, 0.3) is 22.3 Å². The average molecular weight is 547 g/mol. The van der Waals surface area contributed by atoms with Crippen LogP contribution in [-0.4, -0.2) is 0 Å². The fourth-order valence-electron chi connectivity index (χ4n) is 5.72. The van der Waals surface area contributed by atoms with E-state index in [9.17, 15) is 0 Å². The fourth-order valence-corrected chi connectivity index (χ4v) is 5.72. The standard InChI is InChI=1S/C30H24.2ClH.Zr/c1-2-21-22-11-3-8-16-27(22)29-17-9-10-20(30(21)29)18-19-28-25-14-6-4-12-23(25)24-13-5-7-15-26(24)28;;;/h2-17,21,28H,1,18-19H2;2*1H;/q;;;+2/p-2. The van der Waals surface area contributed by atoms with Gasteiger partial charge in [0.25, 0.3) is 0 Å². The van der Waals surface area contributed by atoms with Crippen LogP contribution >= 0.6 is 0 Å². The number of rotatable bonds is 4. The average Bonchev–Trinajstić information content (AvgIpc) is 3.31. The fraction of sp³-hybridized carbons (Fsp3) is 0.133. The van der Waals surface area contributed by atoms with Crippen LogP contribution in [0, 0.1) is 0 Å². The summed E-state index contributed by atoms with van der Waals surface area (Å²) < 4.78 is 0. The van der Waals surface area contributed by atoms with Gasteiger partial charge >= 0.3 is 26.2 Å². The zero-order valence-corrected chi connectivity index (χ0v) is 22.2. The molecule has 0 heterocycles. The third-order valence-corrected chi connectivity index (χ3v) is 6.99. The summed E-state index contributed by atoms with van der Waals surface area (Å²) in [5.41, 5.74) is 12.9. The van der Waals surface area contributed by atoms with Gasteiger partial charge in [-0.25, -0.2) is 0 Å². The molecule has 0 N–H and O–H groups in total. The van der Waals surface area contributed by atoms with Crippen LogP contribution in [0.1, 0.15) is 46.1 Å². The summed E-state index contributed by atoms with van der Waals surface area (Å²) in [5.74, 6) is 0.773. The van der Waals surface area contributed by atoms with E-state index in [0.29, 0.717) is 11.8 Å². The Morgan fingerprint density at radius 3 is 1.67 bits per heavy atom. The zero-order chi connectivity index (χ0) is 20.1. The minimum absolute atomic E-state index is 0. The van der Waals surface area contributed by atoms with Gasteiger partial charge in [0.2, 0.25) is 0 Å². The molecule has 4 aromatic rings. The van der Waals surface area contributed by atoms with Crippen molar-refractivity contribution in [2.24, 2.45) is 0 Å². The van der Waals surface area contributed by atoms with Crippen molar-refractivity contribution in [2.45, 2.75) is 24.7 Å². The zero-order valence-electron chi connectivity index (χ0n) is 18.3. The number of aryl methyl sites for hydroxylation is 1. The topological polar surface area (TPSA) is 0 Å². The summed E-state index contributed by atoms with van der Waals surface area (Å²) in [6.07, 6.45) is 4.33. The molecule has 0 fully saturated rings. The summed E-state index contributed by atoms with van der Waals surface area (Å²) in [7, 11) is 0. The minimum Gasteiger partial charge on any atom is -1.00 e. The van der Waals surface area contributed by atoms with E-state index in [1.54, 1.807) is 0 Å². The van der Waals surface area contributed by atoms with Gasteiger partial charge in [-0.05, 0) is 62.9 Å². The van der Waals surface area contributed by atoms with Crippen LogP contribution in [0.2, 0.25) is 0 Å². The Hall–Kier alpha value is -1.92. The van der Waals surface area contributed by atoms with Gasteiger partial charge in [-0.15, -0.1) is 6.58 Å². The molecule has 0 amide bonds. The maximum atomic E-state index is 4.18. The third kappa shape index (κ3) is 4.10. The van der Waals surface area contributed by atoms with E-state index in [1.807, 2.05) is 0 Å². The first-order chi connectivity index (χ1) is 14.9. The quantitative estimate of drug-likeness (QED) is 0.342. The Balaban J connectivity index is 0.00000102. The van der Waals surface area contributed by atoms with Gasteiger partial charge < -0.3 is 24.8 Å². The summed E-state index contributed by atoms with van der Waals surface area (Å²) in [6.45, 7) is 4.18. The Morgan fingerprint density at radius 1 is 0.606 bits per heavy atom. The molecule has 3 heteroatoms. The van der Waals surface area contributed by atoms with Gasteiger partial charge in [0.05, 0.1) is 0 Å². The van der Waals surface area contributed by atoms with E-state index in [1.165, 1.54) is 50.1 Å². The molecule has 0 spiro atoms. The SMILES string of the molecule is C=CC1c2ccccc2-c2cccc(CCC3c4ccccc4-c4ccccc43)c21.[Cl-].[Cl-].[Zr+2]. The molecular formula is C30H24Cl2Zr. The van der Waals surface area contributed by atoms with Crippen LogP contribution < -0.4 is 24.8 Å². The van der Waals surface area contributed by atoms with Crippen LogP contribution in [0.3, 0.4) is 0 Å². The van der Waals surface area contributed by atoms with E-state index < -0.39 is 0 Å². The van der Waals surface area contributed by atoms with Crippen molar-refractivity contribution in [1.82, 2.24) is 0 Å². The van der Waals surface area contributed by atoms with E-state index in [4.69, 9.17) is 0 Å². The summed E-state index contributed by atoms with van der Waals surface area (Å²) in [5, 5.41) is 0. The normalized spacial score (nSPS) is 14.5. The molecule has 0 nitrogen and oxygen atoms in total. The number of fused-ring (bicyclic) bond motifs is 6. The number of halogens is 2. The van der Waals surface area contributed by atoms with E-state index in [2.05, 4.69) is 104 Å². The molecule has 2 aliphatic carbocycles. The van der Waals surface area contributed by atoms with Gasteiger partial charge in [-0.1, -0.05) is 97.1 Å². The van der Waals surface area contributed by atoms with E-state index in [0.717, 1.165) is 12.8 Å². The van der Waals surface area contributed by atoms with Crippen LogP contribution in [0.5, 0.6) is 0 Å². The van der Waals surface area contributed by atoms with Crippen molar-refractivity contribution in [3.63, 3.8) is 0 Å². The smallest absolute Gasteiger partial charge is 1.00 e. The molecule has 1 atom stereocenters. The first-order valence-corrected chi connectivity index (χ1v) is 10.9. The summed E-state index contributed by atoms with van der Waals surface area (Å²) in [4.78, 5) is 0. The molecule has 4 aromatic carbocycles. The monoisotopic (exact) mass is 544 g/mol. The maximum absolute atomic E-state index is 4.18. The van der Waals surface area contributed by atoms with Crippen LogP contribution in [0.15, 0.2) is 104 Å². The number of benzene rings is 4. The number of hydrogen-bond donors (Lipinski definition) is 0. The van der Waals surface area contributed by atoms with Crippen molar-refractivity contribution in [3.05, 3.63) is 131 Å². The molecule has 6 rings (SSSR count). The van der Waals surface area contributed by atoms with Crippen molar-refractivity contribution in [1.29, 1.82) is 0 Å². The Bertz CT molecular complexity index is 1250. The summed E-state index contributed by atoms with van der Waals surface area (Å²) >= 11 is 0. The number of allylic oxidation sites excluding steroid dienone is 1. The Kier molecular flexibility index (Phi) is 8.23. The first kappa shape index (κ1) is 25.7. The molecule has 162 valence electrons. The summed E-state index contributed by atoms with van der Waals surface area (Å²) in [6, 6.07) is 33.5. The number of hydrogen-bond acceptors (Lipinski definition) is 0. The molecule has 0 radical (unpaired) electrons. The molecule has 0 aliphatic heterocycles. The third-order valence-electron chi connectivity index (χ3n) is 6.99. The Morgan fingerprint density at radius 2 is 1.09 bits per heavy atom. The molecule has 1 unspecified atom stereocenters. The van der Waals surface area contributed by atoms with Crippen molar-refractivity contribution in [2.75, 3.05) is 0 Å². The van der Waals surface area contributed by atoms with E-state index in [-0.39, 0.29) is 51.0 Å². The molecule has 0 saturated carbocycles. The largest absolute Gasteiger partial charge is 2.00 e. The first-order valence-electron chi connectivity index (χ1n) is 10.9. The molecule has 0 saturated heterocycles. The van der Waals surface area contributed by atoms with Gasteiger partial charge in [-0.2, -0.15) is 0 Å². The predicted molar refractivity (Wildman–Crippen MR) is 126 cm³/mol. The molecule has 33 heavy (non-hydrogen) atoms. The molecule has 0 bridgehead atoms.